The summed E-state index contributed by atoms with van der Waals surface area (Å²) in [4.78, 5) is 28.8. The van der Waals surface area contributed by atoms with Crippen LogP contribution < -0.4 is 10.1 Å². The van der Waals surface area contributed by atoms with Crippen LogP contribution in [-0.2, 0) is 11.8 Å². The second-order valence-electron chi connectivity index (χ2n) is 5.12. The van der Waals surface area contributed by atoms with Gasteiger partial charge in [0.25, 0.3) is 5.91 Å². The molecule has 1 N–H and O–H groups in total. The first-order valence-electron chi connectivity index (χ1n) is 7.41. The van der Waals surface area contributed by atoms with Crippen molar-refractivity contribution in [3.05, 3.63) is 34.8 Å². The van der Waals surface area contributed by atoms with Gasteiger partial charge < -0.3 is 14.8 Å². The van der Waals surface area contributed by atoms with Crippen molar-refractivity contribution in [3.8, 4) is 5.75 Å². The van der Waals surface area contributed by atoms with E-state index in [4.69, 9.17) is 9.47 Å². The smallest absolute Gasteiger partial charge is 0.342 e. The van der Waals surface area contributed by atoms with E-state index in [0.717, 1.165) is 5.69 Å². The second-order valence-corrected chi connectivity index (χ2v) is 5.12. The maximum absolute atomic E-state index is 12.6. The maximum atomic E-state index is 12.6. The molecule has 2 aromatic heterocycles. The number of carbonyl (C=O) groups excluding carboxylic acids is 2. The number of anilines is 1. The van der Waals surface area contributed by atoms with Gasteiger partial charge in [0.15, 0.2) is 0 Å². The Balaban J connectivity index is 2.38. The highest BCUT2D eigenvalue weighted by molar-refractivity contribution is 6.08. The van der Waals surface area contributed by atoms with Gasteiger partial charge in [-0.15, -0.1) is 0 Å². The van der Waals surface area contributed by atoms with E-state index in [1.165, 1.54) is 19.4 Å². The Morgan fingerprint density at radius 1 is 1.33 bits per heavy atom. The minimum atomic E-state index is -0.584. The summed E-state index contributed by atoms with van der Waals surface area (Å²) in [5, 5.41) is 6.86. The van der Waals surface area contributed by atoms with Crippen LogP contribution in [0, 0.1) is 13.8 Å². The first-order valence-corrected chi connectivity index (χ1v) is 7.41. The highest BCUT2D eigenvalue weighted by Gasteiger charge is 2.22. The van der Waals surface area contributed by atoms with Crippen molar-refractivity contribution < 1.29 is 19.1 Å². The van der Waals surface area contributed by atoms with Crippen molar-refractivity contribution >= 4 is 17.7 Å². The zero-order valence-electron chi connectivity index (χ0n) is 14.3. The number of ether oxygens (including phenoxy) is 2. The van der Waals surface area contributed by atoms with Gasteiger partial charge in [0.05, 0.1) is 31.2 Å². The van der Waals surface area contributed by atoms with Crippen LogP contribution in [0.15, 0.2) is 12.3 Å². The quantitative estimate of drug-likeness (QED) is 0.840. The lowest BCUT2D eigenvalue weighted by Gasteiger charge is -2.11. The normalized spacial score (nSPS) is 10.4. The summed E-state index contributed by atoms with van der Waals surface area (Å²) in [6.07, 6.45) is 1.42. The molecular formula is C16H20N4O4. The standard InChI is InChI=1S/C16H20N4O4/c1-6-24-16(22)12-7-11(23-5)8-17-14(12)18-15(21)13-9(2)19-20(4)10(13)3/h7-8H,6H2,1-5H3,(H,17,18,21). The van der Waals surface area contributed by atoms with Crippen LogP contribution in [0.4, 0.5) is 5.82 Å². The minimum Gasteiger partial charge on any atom is -0.495 e. The van der Waals surface area contributed by atoms with Gasteiger partial charge in [-0.05, 0) is 26.8 Å². The number of hydrogen-bond acceptors (Lipinski definition) is 6. The van der Waals surface area contributed by atoms with E-state index in [9.17, 15) is 9.59 Å². The van der Waals surface area contributed by atoms with E-state index in [2.05, 4.69) is 15.4 Å². The molecule has 0 saturated carbocycles. The SMILES string of the molecule is CCOC(=O)c1cc(OC)cnc1NC(=O)c1c(C)nn(C)c1C. The van der Waals surface area contributed by atoms with Crippen LogP contribution in [-0.4, -0.2) is 40.4 Å². The number of aromatic nitrogens is 3. The number of esters is 1. The molecule has 8 nitrogen and oxygen atoms in total. The number of nitrogens with one attached hydrogen (secondary N) is 1. The van der Waals surface area contributed by atoms with E-state index in [1.54, 1.807) is 32.5 Å². The van der Waals surface area contributed by atoms with E-state index < -0.39 is 5.97 Å². The first kappa shape index (κ1) is 17.5. The Kier molecular flexibility index (Phi) is 5.18. The molecule has 0 atom stereocenters. The number of aryl methyl sites for hydroxylation is 2. The van der Waals surface area contributed by atoms with Gasteiger partial charge in [-0.1, -0.05) is 0 Å². The number of pyridine rings is 1. The molecule has 0 spiro atoms. The fraction of sp³-hybridized carbons (Fsp3) is 0.375. The molecule has 0 aliphatic carbocycles. The van der Waals surface area contributed by atoms with E-state index in [1.807, 2.05) is 0 Å². The molecule has 2 heterocycles. The molecule has 128 valence electrons. The van der Waals surface area contributed by atoms with E-state index in [-0.39, 0.29) is 23.9 Å². The van der Waals surface area contributed by atoms with Crippen molar-refractivity contribution in [2.24, 2.45) is 7.05 Å². The van der Waals surface area contributed by atoms with E-state index >= 15 is 0 Å². The summed E-state index contributed by atoms with van der Waals surface area (Å²) >= 11 is 0. The molecule has 2 aromatic rings. The summed E-state index contributed by atoms with van der Waals surface area (Å²) in [7, 11) is 3.22. The number of rotatable bonds is 5. The number of methoxy groups -OCH3 is 1. The average Bonchev–Trinajstić information content (AvgIpc) is 2.80. The maximum Gasteiger partial charge on any atom is 0.342 e. The highest BCUT2D eigenvalue weighted by atomic mass is 16.5. The number of amides is 1. The highest BCUT2D eigenvalue weighted by Crippen LogP contribution is 2.22. The first-order chi connectivity index (χ1) is 11.4. The Morgan fingerprint density at radius 2 is 2.04 bits per heavy atom. The molecule has 0 fully saturated rings. The number of carbonyl (C=O) groups is 2. The fourth-order valence-electron chi connectivity index (χ4n) is 2.29. The van der Waals surface area contributed by atoms with Crippen molar-refractivity contribution in [3.63, 3.8) is 0 Å². The van der Waals surface area contributed by atoms with Gasteiger partial charge in [0, 0.05) is 12.7 Å². The molecule has 0 aromatic carbocycles. The van der Waals surface area contributed by atoms with Crippen LogP contribution in [0.1, 0.15) is 39.0 Å². The molecule has 8 heteroatoms. The second kappa shape index (κ2) is 7.12. The predicted octanol–water partition coefficient (Wildman–Crippen LogP) is 1.87. The average molecular weight is 332 g/mol. The Bertz CT molecular complexity index is 783. The van der Waals surface area contributed by atoms with Crippen molar-refractivity contribution in [2.75, 3.05) is 19.0 Å². The molecule has 1 amide bonds. The number of nitrogens with zero attached hydrogens (tertiary/aromatic N) is 3. The van der Waals surface area contributed by atoms with Crippen molar-refractivity contribution in [1.29, 1.82) is 0 Å². The summed E-state index contributed by atoms with van der Waals surface area (Å²) in [6.45, 7) is 5.45. The third-order valence-corrected chi connectivity index (χ3v) is 3.56. The van der Waals surface area contributed by atoms with Crippen LogP contribution >= 0.6 is 0 Å². The largest absolute Gasteiger partial charge is 0.495 e. The predicted molar refractivity (Wildman–Crippen MR) is 87.4 cm³/mol. The zero-order chi connectivity index (χ0) is 17.9. The molecule has 0 aliphatic rings. The number of hydrogen-bond donors (Lipinski definition) is 1. The monoisotopic (exact) mass is 332 g/mol. The van der Waals surface area contributed by atoms with Gasteiger partial charge in [0.1, 0.15) is 17.1 Å². The third kappa shape index (κ3) is 3.37. The fourth-order valence-corrected chi connectivity index (χ4v) is 2.29. The summed E-state index contributed by atoms with van der Waals surface area (Å²) < 4.78 is 11.7. The molecule has 0 saturated heterocycles. The van der Waals surface area contributed by atoms with Gasteiger partial charge in [-0.3, -0.25) is 9.48 Å². The van der Waals surface area contributed by atoms with Gasteiger partial charge in [-0.25, -0.2) is 9.78 Å². The van der Waals surface area contributed by atoms with E-state index in [0.29, 0.717) is 17.0 Å². The van der Waals surface area contributed by atoms with Crippen LogP contribution in [0.5, 0.6) is 5.75 Å². The van der Waals surface area contributed by atoms with Gasteiger partial charge in [0.2, 0.25) is 0 Å². The summed E-state index contributed by atoms with van der Waals surface area (Å²) in [5.74, 6) is -0.466. The molecule has 2 rings (SSSR count). The third-order valence-electron chi connectivity index (χ3n) is 3.56. The lowest BCUT2D eigenvalue weighted by molar-refractivity contribution is 0.0527. The molecule has 0 aliphatic heterocycles. The van der Waals surface area contributed by atoms with Gasteiger partial charge in [-0.2, -0.15) is 5.10 Å². The van der Waals surface area contributed by atoms with Gasteiger partial charge >= 0.3 is 5.97 Å². The summed E-state index contributed by atoms with van der Waals surface area (Å²) in [6, 6.07) is 1.48. The zero-order valence-corrected chi connectivity index (χ0v) is 14.3. The molecule has 24 heavy (non-hydrogen) atoms. The van der Waals surface area contributed by atoms with Crippen molar-refractivity contribution in [1.82, 2.24) is 14.8 Å². The van der Waals surface area contributed by atoms with Crippen LogP contribution in [0.3, 0.4) is 0 Å². The lowest BCUT2D eigenvalue weighted by Crippen LogP contribution is -2.18. The van der Waals surface area contributed by atoms with Crippen molar-refractivity contribution in [2.45, 2.75) is 20.8 Å². The Hall–Kier alpha value is -2.90. The Morgan fingerprint density at radius 3 is 2.58 bits per heavy atom. The van der Waals surface area contributed by atoms with Crippen LogP contribution in [0.2, 0.25) is 0 Å². The Labute approximate surface area is 139 Å². The lowest BCUT2D eigenvalue weighted by atomic mass is 10.1. The topological polar surface area (TPSA) is 95.3 Å². The summed E-state index contributed by atoms with van der Waals surface area (Å²) in [5.41, 5.74) is 1.89. The molecule has 0 bridgehead atoms. The molecular weight excluding hydrogens is 312 g/mol. The van der Waals surface area contributed by atoms with Crippen LogP contribution in [0.25, 0.3) is 0 Å². The minimum absolute atomic E-state index is 0.113. The molecule has 0 unspecified atom stereocenters. The molecule has 0 radical (unpaired) electrons.